The average molecular weight is 378 g/mol. The zero-order valence-corrected chi connectivity index (χ0v) is 16.2. The monoisotopic (exact) mass is 378 g/mol. The number of fused-ring (bicyclic) bond motifs is 1. The molecule has 0 amide bonds. The van der Waals surface area contributed by atoms with Gasteiger partial charge in [0.2, 0.25) is 0 Å². The summed E-state index contributed by atoms with van der Waals surface area (Å²) in [7, 11) is 3.19. The van der Waals surface area contributed by atoms with E-state index in [0.717, 1.165) is 11.0 Å². The molecule has 1 aliphatic heterocycles. The Morgan fingerprint density at radius 2 is 2.00 bits per heavy atom. The van der Waals surface area contributed by atoms with Crippen LogP contribution in [-0.2, 0) is 4.79 Å². The molecular weight excluding hydrogens is 356 g/mol. The SMILES string of the molecule is CN=C1C(c2nc3ccccc3[nH]2)C(=O)C(C)(C)N1c1cc(O)cc(OC)c1. The van der Waals surface area contributed by atoms with Crippen LogP contribution in [0.3, 0.4) is 0 Å². The molecule has 0 radical (unpaired) electrons. The van der Waals surface area contributed by atoms with Crippen molar-refractivity contribution in [3.63, 3.8) is 0 Å². The predicted molar refractivity (Wildman–Crippen MR) is 108 cm³/mol. The van der Waals surface area contributed by atoms with E-state index in [-0.39, 0.29) is 11.5 Å². The van der Waals surface area contributed by atoms with Crippen molar-refractivity contribution in [2.45, 2.75) is 25.3 Å². The number of rotatable bonds is 3. The molecule has 0 bridgehead atoms. The van der Waals surface area contributed by atoms with Gasteiger partial charge in [-0.1, -0.05) is 12.1 Å². The van der Waals surface area contributed by atoms with Crippen LogP contribution in [0.5, 0.6) is 11.5 Å². The van der Waals surface area contributed by atoms with Crippen molar-refractivity contribution in [3.8, 4) is 11.5 Å². The summed E-state index contributed by atoms with van der Waals surface area (Å²) in [5.74, 6) is 1.05. The lowest BCUT2D eigenvalue weighted by Crippen LogP contribution is -2.44. The van der Waals surface area contributed by atoms with Gasteiger partial charge in [0, 0.05) is 25.2 Å². The number of phenolic OH excluding ortho intramolecular Hbond substituents is 1. The Kier molecular flexibility index (Phi) is 4.10. The van der Waals surface area contributed by atoms with Gasteiger partial charge < -0.3 is 19.7 Å². The predicted octanol–water partition coefficient (Wildman–Crippen LogP) is 3.26. The van der Waals surface area contributed by atoms with Crippen LogP contribution in [0.2, 0.25) is 0 Å². The molecule has 2 aromatic carbocycles. The van der Waals surface area contributed by atoms with E-state index in [1.165, 1.54) is 13.2 Å². The molecule has 7 nitrogen and oxygen atoms in total. The molecular formula is C21H22N4O3. The smallest absolute Gasteiger partial charge is 0.176 e. The van der Waals surface area contributed by atoms with Gasteiger partial charge in [-0.15, -0.1) is 0 Å². The molecule has 0 aliphatic carbocycles. The Morgan fingerprint density at radius 1 is 1.25 bits per heavy atom. The molecule has 1 fully saturated rings. The molecule has 1 atom stereocenters. The normalized spacial score (nSPS) is 20.3. The summed E-state index contributed by atoms with van der Waals surface area (Å²) in [5, 5.41) is 10.1. The number of methoxy groups -OCH3 is 1. The third-order valence-electron chi connectivity index (χ3n) is 5.19. The van der Waals surface area contributed by atoms with E-state index < -0.39 is 11.5 Å². The summed E-state index contributed by atoms with van der Waals surface area (Å²) < 4.78 is 5.28. The van der Waals surface area contributed by atoms with Crippen LogP contribution in [0.15, 0.2) is 47.5 Å². The summed E-state index contributed by atoms with van der Waals surface area (Å²) in [5.41, 5.74) is 1.43. The Labute approximate surface area is 162 Å². The zero-order chi connectivity index (χ0) is 20.1. The number of aromatic hydroxyl groups is 1. The standard InChI is InChI=1S/C21H22N4O3/c1-21(2)18(27)17(19-23-15-7-5-6-8-16(15)24-19)20(22-3)25(21)12-9-13(26)11-14(10-12)28-4/h5-11,17,26H,1-4H3,(H,23,24). The Hall–Kier alpha value is -3.35. The van der Waals surface area contributed by atoms with Gasteiger partial charge >= 0.3 is 0 Å². The first-order valence-electron chi connectivity index (χ1n) is 9.00. The molecule has 1 unspecified atom stereocenters. The molecule has 0 spiro atoms. The summed E-state index contributed by atoms with van der Waals surface area (Å²) >= 11 is 0. The number of nitrogens with one attached hydrogen (secondary N) is 1. The van der Waals surface area contributed by atoms with Crippen molar-refractivity contribution in [1.82, 2.24) is 9.97 Å². The fourth-order valence-electron chi connectivity index (χ4n) is 3.85. The van der Waals surface area contributed by atoms with Gasteiger partial charge in [0.25, 0.3) is 0 Å². The summed E-state index contributed by atoms with van der Waals surface area (Å²) in [4.78, 5) is 27.6. The van der Waals surface area contributed by atoms with Crippen LogP contribution >= 0.6 is 0 Å². The molecule has 144 valence electrons. The van der Waals surface area contributed by atoms with Crippen LogP contribution in [0.25, 0.3) is 11.0 Å². The molecule has 2 N–H and O–H groups in total. The van der Waals surface area contributed by atoms with Crippen molar-refractivity contribution in [2.24, 2.45) is 4.99 Å². The van der Waals surface area contributed by atoms with Gasteiger partial charge in [-0.2, -0.15) is 0 Å². The van der Waals surface area contributed by atoms with Gasteiger partial charge in [-0.05, 0) is 26.0 Å². The van der Waals surface area contributed by atoms with Gasteiger partial charge in [0.1, 0.15) is 34.6 Å². The molecule has 1 aromatic heterocycles. The van der Waals surface area contributed by atoms with Crippen molar-refractivity contribution >= 4 is 28.3 Å². The molecule has 4 rings (SSSR count). The largest absolute Gasteiger partial charge is 0.508 e. The molecule has 28 heavy (non-hydrogen) atoms. The van der Waals surface area contributed by atoms with Crippen molar-refractivity contribution in [3.05, 3.63) is 48.3 Å². The van der Waals surface area contributed by atoms with Crippen molar-refractivity contribution < 1.29 is 14.6 Å². The number of benzene rings is 2. The molecule has 2 heterocycles. The Balaban J connectivity index is 1.87. The van der Waals surface area contributed by atoms with Crippen LogP contribution in [-0.4, -0.2) is 46.4 Å². The first-order chi connectivity index (χ1) is 13.4. The number of amidine groups is 1. The van der Waals surface area contributed by atoms with Gasteiger partial charge in [-0.25, -0.2) is 4.98 Å². The number of anilines is 1. The summed E-state index contributed by atoms with van der Waals surface area (Å²) in [6.07, 6.45) is 0. The number of hydrogen-bond acceptors (Lipinski definition) is 5. The number of aliphatic imine (C=N–C) groups is 1. The maximum atomic E-state index is 13.4. The number of aromatic amines is 1. The average Bonchev–Trinajstić information content (AvgIpc) is 3.17. The number of carbonyl (C=O) groups is 1. The third-order valence-corrected chi connectivity index (χ3v) is 5.19. The van der Waals surface area contributed by atoms with E-state index in [9.17, 15) is 9.90 Å². The third kappa shape index (κ3) is 2.62. The molecule has 0 saturated carbocycles. The maximum absolute atomic E-state index is 13.4. The number of H-pyrrole nitrogens is 1. The van der Waals surface area contributed by atoms with Crippen LogP contribution in [0, 0.1) is 0 Å². The lowest BCUT2D eigenvalue weighted by Gasteiger charge is -2.32. The highest BCUT2D eigenvalue weighted by Crippen LogP contribution is 2.42. The van der Waals surface area contributed by atoms with Gasteiger partial charge in [0.05, 0.1) is 23.8 Å². The number of nitrogens with zero attached hydrogens (tertiary/aromatic N) is 3. The van der Waals surface area contributed by atoms with Crippen LogP contribution in [0.4, 0.5) is 5.69 Å². The highest BCUT2D eigenvalue weighted by Gasteiger charge is 2.53. The van der Waals surface area contributed by atoms with E-state index >= 15 is 0 Å². The molecule has 1 saturated heterocycles. The fourth-order valence-corrected chi connectivity index (χ4v) is 3.85. The van der Waals surface area contributed by atoms with Crippen LogP contribution in [0.1, 0.15) is 25.6 Å². The zero-order valence-electron chi connectivity index (χ0n) is 16.2. The Bertz CT molecular complexity index is 1070. The quantitative estimate of drug-likeness (QED) is 0.730. The number of phenols is 1. The second-order valence-corrected chi connectivity index (χ2v) is 7.30. The molecule has 3 aromatic rings. The highest BCUT2D eigenvalue weighted by molar-refractivity contribution is 6.26. The van der Waals surface area contributed by atoms with E-state index in [4.69, 9.17) is 4.74 Å². The number of ketones is 1. The topological polar surface area (TPSA) is 90.8 Å². The molecule has 7 heteroatoms. The molecule has 1 aliphatic rings. The highest BCUT2D eigenvalue weighted by atomic mass is 16.5. The minimum absolute atomic E-state index is 0.0190. The van der Waals surface area contributed by atoms with E-state index in [0.29, 0.717) is 23.1 Å². The number of aromatic nitrogens is 2. The summed E-state index contributed by atoms with van der Waals surface area (Å²) in [6.45, 7) is 3.69. The van der Waals surface area contributed by atoms with Gasteiger partial charge in [-0.3, -0.25) is 9.79 Å². The minimum Gasteiger partial charge on any atom is -0.508 e. The second-order valence-electron chi connectivity index (χ2n) is 7.30. The van der Waals surface area contributed by atoms with Crippen molar-refractivity contribution in [1.29, 1.82) is 0 Å². The number of para-hydroxylation sites is 2. The lowest BCUT2D eigenvalue weighted by molar-refractivity contribution is -0.121. The Morgan fingerprint density at radius 3 is 2.68 bits per heavy atom. The summed E-state index contributed by atoms with van der Waals surface area (Å²) in [6, 6.07) is 12.6. The lowest BCUT2D eigenvalue weighted by atomic mass is 9.93. The van der Waals surface area contributed by atoms with Gasteiger partial charge in [0.15, 0.2) is 5.78 Å². The number of ether oxygens (including phenoxy) is 1. The maximum Gasteiger partial charge on any atom is 0.176 e. The minimum atomic E-state index is -0.878. The number of imidazole rings is 1. The first-order valence-corrected chi connectivity index (χ1v) is 9.00. The van der Waals surface area contributed by atoms with Crippen molar-refractivity contribution in [2.75, 3.05) is 19.1 Å². The van der Waals surface area contributed by atoms with E-state index in [1.54, 1.807) is 19.2 Å². The second kappa shape index (κ2) is 6.37. The number of Topliss-reactive ketones (excluding diaryl/α,β-unsaturated/α-hetero) is 1. The number of carbonyl (C=O) groups excluding carboxylic acids is 1. The van der Waals surface area contributed by atoms with E-state index in [2.05, 4.69) is 15.0 Å². The van der Waals surface area contributed by atoms with E-state index in [1.807, 2.05) is 43.0 Å². The first kappa shape index (κ1) is 18.0. The van der Waals surface area contributed by atoms with Crippen LogP contribution < -0.4 is 9.64 Å². The fraction of sp³-hybridized carbons (Fsp3) is 0.286. The number of hydrogen-bond donors (Lipinski definition) is 2.